The lowest BCUT2D eigenvalue weighted by Gasteiger charge is -2.22. The van der Waals surface area contributed by atoms with Crippen LogP contribution in [0.1, 0.15) is 46.9 Å². The summed E-state index contributed by atoms with van der Waals surface area (Å²) in [6.07, 6.45) is 3.05. The van der Waals surface area contributed by atoms with Gasteiger partial charge in [0.15, 0.2) is 0 Å². The topological polar surface area (TPSA) is 57.6 Å². The second-order valence-corrected chi connectivity index (χ2v) is 5.19. The monoisotopic (exact) mass is 279 g/mol. The van der Waals surface area contributed by atoms with E-state index >= 15 is 0 Å². The fourth-order valence-electron chi connectivity index (χ4n) is 2.15. The number of carboxylic acid groups (broad SMARTS) is 1. The summed E-state index contributed by atoms with van der Waals surface area (Å²) >= 11 is 0. The van der Waals surface area contributed by atoms with Crippen molar-refractivity contribution in [2.24, 2.45) is 5.92 Å². The van der Waals surface area contributed by atoms with Crippen LogP contribution in [0, 0.1) is 11.7 Å². The smallest absolute Gasteiger partial charge is 0.335 e. The van der Waals surface area contributed by atoms with Gasteiger partial charge in [0.1, 0.15) is 5.82 Å². The third kappa shape index (κ3) is 3.35. The largest absolute Gasteiger partial charge is 0.478 e. The molecule has 0 radical (unpaired) electrons. The normalized spacial score (nSPS) is 14.1. The molecule has 5 heteroatoms. The molecule has 2 rings (SSSR count). The number of hydrogen-bond acceptors (Lipinski definition) is 2. The Kier molecular flexibility index (Phi) is 4.37. The Morgan fingerprint density at radius 3 is 2.60 bits per heavy atom. The van der Waals surface area contributed by atoms with Crippen LogP contribution in [0.5, 0.6) is 0 Å². The van der Waals surface area contributed by atoms with Crippen LogP contribution in [0.2, 0.25) is 0 Å². The lowest BCUT2D eigenvalue weighted by atomic mass is 10.1. The summed E-state index contributed by atoms with van der Waals surface area (Å²) in [6.45, 7) is 3.22. The Balaban J connectivity index is 2.19. The molecule has 0 aliphatic heterocycles. The van der Waals surface area contributed by atoms with E-state index in [9.17, 15) is 14.0 Å². The first-order valence-corrected chi connectivity index (χ1v) is 6.85. The van der Waals surface area contributed by atoms with Gasteiger partial charge in [-0.25, -0.2) is 9.18 Å². The van der Waals surface area contributed by atoms with E-state index in [1.165, 1.54) is 12.1 Å². The van der Waals surface area contributed by atoms with Crippen molar-refractivity contribution in [3.63, 3.8) is 0 Å². The van der Waals surface area contributed by atoms with Crippen molar-refractivity contribution in [3.05, 3.63) is 35.1 Å². The van der Waals surface area contributed by atoms with E-state index in [0.29, 0.717) is 19.0 Å². The van der Waals surface area contributed by atoms with Crippen LogP contribution < -0.4 is 0 Å². The standard InChI is InChI=1S/C15H18FNO3/c1-2-7-17(9-10-3-4-10)14(18)12-6-5-11(15(19)20)8-13(12)16/h5-6,8,10H,2-4,7,9H2,1H3,(H,19,20). The van der Waals surface area contributed by atoms with Crippen molar-refractivity contribution >= 4 is 11.9 Å². The molecule has 0 spiro atoms. The van der Waals surface area contributed by atoms with Crippen LogP contribution in [0.15, 0.2) is 18.2 Å². The van der Waals surface area contributed by atoms with Crippen molar-refractivity contribution < 1.29 is 19.1 Å². The number of rotatable bonds is 6. The van der Waals surface area contributed by atoms with E-state index in [1.807, 2.05) is 6.92 Å². The van der Waals surface area contributed by atoms with E-state index in [0.717, 1.165) is 25.3 Å². The van der Waals surface area contributed by atoms with E-state index in [2.05, 4.69) is 0 Å². The predicted molar refractivity (Wildman–Crippen MR) is 72.3 cm³/mol. The molecule has 20 heavy (non-hydrogen) atoms. The van der Waals surface area contributed by atoms with Gasteiger partial charge in [0.2, 0.25) is 0 Å². The lowest BCUT2D eigenvalue weighted by molar-refractivity contribution is 0.0692. The zero-order valence-corrected chi connectivity index (χ0v) is 11.4. The number of carboxylic acids is 1. The molecular weight excluding hydrogens is 261 g/mol. The number of amides is 1. The van der Waals surface area contributed by atoms with Crippen molar-refractivity contribution in [2.75, 3.05) is 13.1 Å². The molecule has 0 heterocycles. The maximum atomic E-state index is 13.9. The van der Waals surface area contributed by atoms with Crippen molar-refractivity contribution in [3.8, 4) is 0 Å². The van der Waals surface area contributed by atoms with Gasteiger partial charge in [0.05, 0.1) is 11.1 Å². The quantitative estimate of drug-likeness (QED) is 0.871. The minimum Gasteiger partial charge on any atom is -0.478 e. The zero-order chi connectivity index (χ0) is 14.7. The summed E-state index contributed by atoms with van der Waals surface area (Å²) in [5, 5.41) is 8.80. The molecule has 1 aliphatic rings. The number of carbonyl (C=O) groups excluding carboxylic acids is 1. The second-order valence-electron chi connectivity index (χ2n) is 5.19. The summed E-state index contributed by atoms with van der Waals surface area (Å²) in [5.41, 5.74) is -0.201. The van der Waals surface area contributed by atoms with Crippen molar-refractivity contribution in [1.29, 1.82) is 0 Å². The van der Waals surface area contributed by atoms with Crippen LogP contribution in [0.4, 0.5) is 4.39 Å². The Morgan fingerprint density at radius 2 is 2.10 bits per heavy atom. The van der Waals surface area contributed by atoms with Crippen molar-refractivity contribution in [2.45, 2.75) is 26.2 Å². The second kappa shape index (κ2) is 6.03. The summed E-state index contributed by atoms with van der Waals surface area (Å²) in [7, 11) is 0. The van der Waals surface area contributed by atoms with Crippen LogP contribution in [-0.2, 0) is 0 Å². The Morgan fingerprint density at radius 1 is 1.40 bits per heavy atom. The minimum absolute atomic E-state index is 0.0518. The van der Waals surface area contributed by atoms with Gasteiger partial charge in [-0.3, -0.25) is 4.79 Å². The van der Waals surface area contributed by atoms with Crippen LogP contribution in [-0.4, -0.2) is 35.0 Å². The average Bonchev–Trinajstić information content (AvgIpc) is 3.21. The van der Waals surface area contributed by atoms with Gasteiger partial charge in [-0.15, -0.1) is 0 Å². The Labute approximate surface area is 117 Å². The molecule has 4 nitrogen and oxygen atoms in total. The van der Waals surface area contributed by atoms with Gasteiger partial charge in [0.25, 0.3) is 5.91 Å². The van der Waals surface area contributed by atoms with Gasteiger partial charge in [-0.1, -0.05) is 6.92 Å². The molecule has 0 bridgehead atoms. The highest BCUT2D eigenvalue weighted by Gasteiger charge is 2.28. The molecule has 1 N–H and O–H groups in total. The molecular formula is C15H18FNO3. The fourth-order valence-corrected chi connectivity index (χ4v) is 2.15. The molecule has 1 saturated carbocycles. The van der Waals surface area contributed by atoms with E-state index in [4.69, 9.17) is 5.11 Å². The predicted octanol–water partition coefficient (Wildman–Crippen LogP) is 2.79. The van der Waals surface area contributed by atoms with Gasteiger partial charge >= 0.3 is 5.97 Å². The fraction of sp³-hybridized carbons (Fsp3) is 0.467. The third-order valence-electron chi connectivity index (χ3n) is 3.40. The average molecular weight is 279 g/mol. The summed E-state index contributed by atoms with van der Waals surface area (Å²) in [5.74, 6) is -1.79. The van der Waals surface area contributed by atoms with E-state index in [1.54, 1.807) is 4.90 Å². The number of nitrogens with zero attached hydrogens (tertiary/aromatic N) is 1. The molecule has 0 atom stereocenters. The summed E-state index contributed by atoms with van der Waals surface area (Å²) in [4.78, 5) is 24.8. The molecule has 1 aromatic carbocycles. The Hall–Kier alpha value is -1.91. The lowest BCUT2D eigenvalue weighted by Crippen LogP contribution is -2.34. The first kappa shape index (κ1) is 14.5. The molecule has 1 amide bonds. The number of benzene rings is 1. The minimum atomic E-state index is -1.20. The third-order valence-corrected chi connectivity index (χ3v) is 3.40. The van der Waals surface area contributed by atoms with Gasteiger partial charge in [0, 0.05) is 13.1 Å². The number of aromatic carboxylic acids is 1. The van der Waals surface area contributed by atoms with Crippen molar-refractivity contribution in [1.82, 2.24) is 4.90 Å². The van der Waals surface area contributed by atoms with E-state index < -0.39 is 11.8 Å². The Bertz CT molecular complexity index is 526. The number of hydrogen-bond donors (Lipinski definition) is 1. The van der Waals surface area contributed by atoms with Crippen LogP contribution in [0.3, 0.4) is 0 Å². The number of carbonyl (C=O) groups is 2. The molecule has 1 aromatic rings. The first-order chi connectivity index (χ1) is 9.52. The van der Waals surface area contributed by atoms with Gasteiger partial charge in [-0.2, -0.15) is 0 Å². The van der Waals surface area contributed by atoms with Gasteiger partial charge < -0.3 is 10.0 Å². The molecule has 108 valence electrons. The molecule has 1 fully saturated rings. The SMILES string of the molecule is CCCN(CC1CC1)C(=O)c1ccc(C(=O)O)cc1F. The van der Waals surface area contributed by atoms with E-state index in [-0.39, 0.29) is 17.0 Å². The molecule has 0 saturated heterocycles. The molecule has 0 unspecified atom stereocenters. The highest BCUT2D eigenvalue weighted by molar-refractivity contribution is 5.96. The van der Waals surface area contributed by atoms with Crippen LogP contribution >= 0.6 is 0 Å². The first-order valence-electron chi connectivity index (χ1n) is 6.85. The maximum absolute atomic E-state index is 13.9. The summed E-state index contributed by atoms with van der Waals surface area (Å²) in [6, 6.07) is 3.42. The summed E-state index contributed by atoms with van der Waals surface area (Å²) < 4.78 is 13.9. The van der Waals surface area contributed by atoms with Crippen LogP contribution in [0.25, 0.3) is 0 Å². The number of halogens is 1. The molecule has 0 aromatic heterocycles. The highest BCUT2D eigenvalue weighted by atomic mass is 19.1. The molecule has 1 aliphatic carbocycles. The van der Waals surface area contributed by atoms with Gasteiger partial charge in [-0.05, 0) is 43.4 Å². The maximum Gasteiger partial charge on any atom is 0.335 e. The zero-order valence-electron chi connectivity index (χ0n) is 11.4. The highest BCUT2D eigenvalue weighted by Crippen LogP contribution is 2.30.